The molecule has 0 radical (unpaired) electrons. The van der Waals surface area contributed by atoms with Gasteiger partial charge in [0.15, 0.2) is 0 Å². The zero-order valence-electron chi connectivity index (χ0n) is 9.69. The molecule has 0 heterocycles. The lowest BCUT2D eigenvalue weighted by molar-refractivity contribution is -0.133. The summed E-state index contributed by atoms with van der Waals surface area (Å²) in [6.07, 6.45) is 5.35. The maximum atomic E-state index is 10.5. The van der Waals surface area contributed by atoms with Crippen LogP contribution in [0.5, 0.6) is 0 Å². The minimum absolute atomic E-state index is 0.125. The number of aliphatic carboxylic acids is 1. The van der Waals surface area contributed by atoms with Gasteiger partial charge in [0.2, 0.25) is 0 Å². The van der Waals surface area contributed by atoms with Gasteiger partial charge in [-0.15, -0.1) is 0 Å². The number of unbranched alkanes of at least 4 members (excludes halogenated alkanes) is 5. The molecule has 0 aliphatic heterocycles. The topological polar surface area (TPSA) is 77.8 Å². The molecule has 4 heteroatoms. The van der Waals surface area contributed by atoms with Gasteiger partial charge in [0.1, 0.15) is 0 Å². The van der Waals surface area contributed by atoms with Crippen molar-refractivity contribution in [1.29, 1.82) is 0 Å². The lowest BCUT2D eigenvalue weighted by Crippen LogP contribution is -2.16. The van der Waals surface area contributed by atoms with Crippen LogP contribution < -0.4 is 0 Å². The maximum Gasteiger partial charge on any atom is 0.333 e. The van der Waals surface area contributed by atoms with Gasteiger partial charge < -0.3 is 15.3 Å². The average molecular weight is 230 g/mol. The van der Waals surface area contributed by atoms with E-state index in [1.165, 1.54) is 0 Å². The summed E-state index contributed by atoms with van der Waals surface area (Å²) in [4.78, 5) is 10.5. The van der Waals surface area contributed by atoms with Gasteiger partial charge >= 0.3 is 5.97 Å². The van der Waals surface area contributed by atoms with Gasteiger partial charge in [0.25, 0.3) is 0 Å². The second-order valence-corrected chi connectivity index (χ2v) is 3.98. The molecule has 1 unspecified atom stereocenters. The highest BCUT2D eigenvalue weighted by atomic mass is 16.4. The van der Waals surface area contributed by atoms with Crippen LogP contribution in [0.25, 0.3) is 0 Å². The van der Waals surface area contributed by atoms with Crippen LogP contribution in [-0.4, -0.2) is 34.0 Å². The van der Waals surface area contributed by atoms with E-state index < -0.39 is 12.1 Å². The van der Waals surface area contributed by atoms with E-state index in [1.807, 2.05) is 0 Å². The Kier molecular flexibility index (Phi) is 8.85. The minimum atomic E-state index is -1.13. The van der Waals surface area contributed by atoms with Crippen molar-refractivity contribution in [2.75, 3.05) is 6.61 Å². The van der Waals surface area contributed by atoms with E-state index in [1.54, 1.807) is 0 Å². The Balaban J connectivity index is 3.38. The Hall–Kier alpha value is -0.870. The number of carbonyl (C=O) groups is 1. The van der Waals surface area contributed by atoms with Crippen molar-refractivity contribution in [2.24, 2.45) is 0 Å². The van der Waals surface area contributed by atoms with Crippen molar-refractivity contribution >= 4 is 5.97 Å². The van der Waals surface area contributed by atoms with Gasteiger partial charge in [-0.3, -0.25) is 0 Å². The molecule has 3 N–H and O–H groups in total. The van der Waals surface area contributed by atoms with Crippen LogP contribution >= 0.6 is 0 Å². The molecule has 0 rings (SSSR count). The van der Waals surface area contributed by atoms with Crippen molar-refractivity contribution in [3.8, 4) is 0 Å². The summed E-state index contributed by atoms with van der Waals surface area (Å²) in [6, 6.07) is 0. The third-order valence-electron chi connectivity index (χ3n) is 2.56. The van der Waals surface area contributed by atoms with E-state index in [0.717, 1.165) is 38.5 Å². The smallest absolute Gasteiger partial charge is 0.333 e. The number of carboxylic acids is 1. The molecule has 16 heavy (non-hydrogen) atoms. The number of hydrogen-bond donors (Lipinski definition) is 3. The fourth-order valence-electron chi connectivity index (χ4n) is 1.47. The van der Waals surface area contributed by atoms with E-state index in [-0.39, 0.29) is 12.2 Å². The van der Waals surface area contributed by atoms with E-state index in [0.29, 0.717) is 6.42 Å². The van der Waals surface area contributed by atoms with Gasteiger partial charge in [-0.05, 0) is 12.8 Å². The Morgan fingerprint density at radius 2 is 1.56 bits per heavy atom. The second-order valence-electron chi connectivity index (χ2n) is 3.98. The predicted octanol–water partition coefficient (Wildman–Crippen LogP) is 1.71. The van der Waals surface area contributed by atoms with Gasteiger partial charge in [-0.1, -0.05) is 38.7 Å². The molecule has 0 amide bonds. The molecular formula is C12H22O4. The largest absolute Gasteiger partial charge is 0.478 e. The first-order chi connectivity index (χ1) is 7.59. The Morgan fingerprint density at radius 3 is 2.06 bits per heavy atom. The van der Waals surface area contributed by atoms with Crippen LogP contribution in [0.4, 0.5) is 0 Å². The summed E-state index contributed by atoms with van der Waals surface area (Å²) in [5, 5.41) is 26.5. The fraction of sp³-hybridized carbons (Fsp3) is 0.750. The van der Waals surface area contributed by atoms with Crippen LogP contribution in [0.15, 0.2) is 12.2 Å². The maximum absolute atomic E-state index is 10.5. The van der Waals surface area contributed by atoms with Crippen molar-refractivity contribution in [3.63, 3.8) is 0 Å². The Bertz CT molecular complexity index is 213. The quantitative estimate of drug-likeness (QED) is 0.394. The minimum Gasteiger partial charge on any atom is -0.478 e. The molecule has 0 aliphatic carbocycles. The first kappa shape index (κ1) is 15.1. The number of rotatable bonds is 10. The van der Waals surface area contributed by atoms with Gasteiger partial charge in [-0.2, -0.15) is 0 Å². The molecule has 0 saturated heterocycles. The first-order valence-electron chi connectivity index (χ1n) is 5.80. The Labute approximate surface area is 96.6 Å². The first-order valence-corrected chi connectivity index (χ1v) is 5.80. The number of carboxylic acid groups (broad SMARTS) is 1. The van der Waals surface area contributed by atoms with E-state index in [9.17, 15) is 9.90 Å². The van der Waals surface area contributed by atoms with Crippen LogP contribution in [-0.2, 0) is 4.79 Å². The third-order valence-corrected chi connectivity index (χ3v) is 2.56. The van der Waals surface area contributed by atoms with Crippen LogP contribution in [0.2, 0.25) is 0 Å². The summed E-state index contributed by atoms with van der Waals surface area (Å²) in [7, 11) is 0. The van der Waals surface area contributed by atoms with E-state index in [2.05, 4.69) is 6.58 Å². The highest BCUT2D eigenvalue weighted by molar-refractivity contribution is 5.86. The molecule has 94 valence electrons. The molecule has 0 fully saturated rings. The fourth-order valence-corrected chi connectivity index (χ4v) is 1.47. The molecule has 1 atom stereocenters. The van der Waals surface area contributed by atoms with Gasteiger partial charge in [0, 0.05) is 6.61 Å². The second kappa shape index (κ2) is 9.36. The highest BCUT2D eigenvalue weighted by Gasteiger charge is 2.14. The molecule has 0 aromatic heterocycles. The molecule has 0 aliphatic rings. The molecule has 0 spiro atoms. The van der Waals surface area contributed by atoms with E-state index in [4.69, 9.17) is 10.2 Å². The molecule has 0 aromatic rings. The van der Waals surface area contributed by atoms with Crippen molar-refractivity contribution in [1.82, 2.24) is 0 Å². The molecular weight excluding hydrogens is 208 g/mol. The zero-order valence-corrected chi connectivity index (χ0v) is 9.69. The van der Waals surface area contributed by atoms with Crippen LogP contribution in [0, 0.1) is 0 Å². The standard InChI is InChI=1S/C12H22O4/c1-10(12(15)16)11(14)8-6-4-2-3-5-7-9-13/h11,13-14H,1-9H2,(H,15,16). The summed E-state index contributed by atoms with van der Waals surface area (Å²) >= 11 is 0. The number of hydrogen-bond acceptors (Lipinski definition) is 3. The monoisotopic (exact) mass is 230 g/mol. The lowest BCUT2D eigenvalue weighted by atomic mass is 10.0. The highest BCUT2D eigenvalue weighted by Crippen LogP contribution is 2.12. The molecule has 4 nitrogen and oxygen atoms in total. The average Bonchev–Trinajstić information content (AvgIpc) is 2.26. The van der Waals surface area contributed by atoms with Gasteiger partial charge in [-0.25, -0.2) is 4.79 Å². The van der Waals surface area contributed by atoms with Gasteiger partial charge in [0.05, 0.1) is 11.7 Å². The number of aliphatic hydroxyl groups excluding tert-OH is 2. The SMILES string of the molecule is C=C(C(=O)O)C(O)CCCCCCCCO. The number of aliphatic hydroxyl groups is 2. The van der Waals surface area contributed by atoms with Crippen molar-refractivity contribution in [3.05, 3.63) is 12.2 Å². The summed E-state index contributed by atoms with van der Waals surface area (Å²) in [5.74, 6) is -1.13. The summed E-state index contributed by atoms with van der Waals surface area (Å²) in [5.41, 5.74) is -0.125. The zero-order chi connectivity index (χ0) is 12.4. The van der Waals surface area contributed by atoms with Crippen LogP contribution in [0.3, 0.4) is 0 Å². The Morgan fingerprint density at radius 1 is 1.06 bits per heavy atom. The van der Waals surface area contributed by atoms with Crippen molar-refractivity contribution < 1.29 is 20.1 Å². The third kappa shape index (κ3) is 7.43. The molecule has 0 aromatic carbocycles. The lowest BCUT2D eigenvalue weighted by Gasteiger charge is -2.09. The summed E-state index contributed by atoms with van der Waals surface area (Å²) in [6.45, 7) is 3.56. The van der Waals surface area contributed by atoms with E-state index >= 15 is 0 Å². The van der Waals surface area contributed by atoms with Crippen molar-refractivity contribution in [2.45, 2.75) is 51.0 Å². The predicted molar refractivity (Wildman–Crippen MR) is 62.2 cm³/mol. The molecule has 0 saturated carbocycles. The molecule has 0 bridgehead atoms. The van der Waals surface area contributed by atoms with Crippen LogP contribution in [0.1, 0.15) is 44.9 Å². The summed E-state index contributed by atoms with van der Waals surface area (Å²) < 4.78 is 0. The normalized spacial score (nSPS) is 12.4.